The van der Waals surface area contributed by atoms with Gasteiger partial charge in [0, 0.05) is 23.5 Å². The van der Waals surface area contributed by atoms with Crippen molar-refractivity contribution >= 4 is 23.2 Å². The number of imide groups is 1. The minimum atomic E-state index is -1.04. The fraction of sp³-hybridized carbons (Fsp3) is 0.231. The van der Waals surface area contributed by atoms with E-state index in [2.05, 4.69) is 31.2 Å². The van der Waals surface area contributed by atoms with E-state index in [-0.39, 0.29) is 23.4 Å². The van der Waals surface area contributed by atoms with E-state index in [1.165, 1.54) is 17.0 Å². The van der Waals surface area contributed by atoms with Crippen LogP contribution >= 0.6 is 0 Å². The highest BCUT2D eigenvalue weighted by molar-refractivity contribution is 6.23. The fourth-order valence-electron chi connectivity index (χ4n) is 6.54. The number of anilines is 1. The number of carbonyl (C=O) groups excluding carboxylic acids is 2. The summed E-state index contributed by atoms with van der Waals surface area (Å²) in [6.45, 7) is 2.10. The molecule has 3 atom stereocenters. The lowest BCUT2D eigenvalue weighted by atomic mass is 9.46. The predicted molar refractivity (Wildman–Crippen MR) is 117 cm³/mol. The monoisotopic (exact) mass is 426 g/mol. The molecule has 0 spiro atoms. The van der Waals surface area contributed by atoms with Crippen molar-refractivity contribution in [3.05, 3.63) is 100 Å². The van der Waals surface area contributed by atoms with Crippen LogP contribution in [0.25, 0.3) is 0 Å². The number of carbonyl (C=O) groups is 2. The lowest BCUT2D eigenvalue weighted by Gasteiger charge is -2.54. The van der Waals surface area contributed by atoms with E-state index in [1.807, 2.05) is 24.3 Å². The summed E-state index contributed by atoms with van der Waals surface area (Å²) < 4.78 is 0. The van der Waals surface area contributed by atoms with Crippen LogP contribution in [0.3, 0.4) is 0 Å². The Balaban J connectivity index is 1.57. The Hall–Kier alpha value is -3.32. The van der Waals surface area contributed by atoms with Gasteiger partial charge < -0.3 is 5.21 Å². The molecule has 2 bridgehead atoms. The topological polar surface area (TPSA) is 85.1 Å². The zero-order valence-electron chi connectivity index (χ0n) is 17.5. The summed E-state index contributed by atoms with van der Waals surface area (Å²) in [6, 6.07) is 22.4. The molecule has 0 saturated carbocycles. The lowest BCUT2D eigenvalue weighted by molar-refractivity contribution is -0.991. The lowest BCUT2D eigenvalue weighted by Crippen LogP contribution is -2.99. The molecule has 32 heavy (non-hydrogen) atoms. The van der Waals surface area contributed by atoms with Gasteiger partial charge in [0.25, 0.3) is 0 Å². The number of rotatable bonds is 3. The number of benzene rings is 3. The van der Waals surface area contributed by atoms with E-state index >= 15 is 0 Å². The molecular weight excluding hydrogens is 404 g/mol. The van der Waals surface area contributed by atoms with Crippen molar-refractivity contribution in [3.8, 4) is 0 Å². The van der Waals surface area contributed by atoms with Crippen LogP contribution in [0.4, 0.5) is 11.4 Å². The molecule has 1 fully saturated rings. The second-order valence-corrected chi connectivity index (χ2v) is 8.84. The standard InChI is InChI=1S/C26H22N2O4/c1-2-26-19-9-5-3-7-17(19)21(18-8-4-6-10-20(18)26)22-23(26)25(30)27(24(22)29)15-11-13-16(14-12-15)28(31)32/h3-14,21-23,28,31H,2H2,1H3/t21?,22-,23+,26?/m1/s1. The molecule has 3 aromatic carbocycles. The Bertz CT molecular complexity index is 1220. The SMILES string of the molecule is CCC12c3ccccc3C(c3ccccc31)[C@H]1C(=O)N(c3ccc([NH+]([O-])O)cc3)C(=O)[C@H]12. The van der Waals surface area contributed by atoms with Crippen LogP contribution in [0.15, 0.2) is 72.8 Å². The number of nitrogens with one attached hydrogen (secondary N) is 1. The van der Waals surface area contributed by atoms with Crippen LogP contribution in [-0.4, -0.2) is 17.0 Å². The van der Waals surface area contributed by atoms with E-state index in [0.717, 1.165) is 22.3 Å². The maximum atomic E-state index is 13.9. The van der Waals surface area contributed by atoms with Crippen LogP contribution in [0, 0.1) is 17.0 Å². The molecule has 7 rings (SSSR count). The van der Waals surface area contributed by atoms with Gasteiger partial charge in [-0.05, 0) is 40.8 Å². The van der Waals surface area contributed by atoms with Gasteiger partial charge >= 0.3 is 0 Å². The molecule has 6 nitrogen and oxygen atoms in total. The highest BCUT2D eigenvalue weighted by Gasteiger charge is 2.67. The van der Waals surface area contributed by atoms with Gasteiger partial charge in [0.15, 0.2) is 5.69 Å². The number of nitrogens with zero attached hydrogens (tertiary/aromatic N) is 1. The van der Waals surface area contributed by atoms with Gasteiger partial charge in [0.2, 0.25) is 11.8 Å². The maximum Gasteiger partial charge on any atom is 0.238 e. The quantitative estimate of drug-likeness (QED) is 0.498. The first-order chi connectivity index (χ1) is 15.5. The van der Waals surface area contributed by atoms with Crippen LogP contribution in [-0.2, 0) is 15.0 Å². The maximum absolute atomic E-state index is 13.9. The number of hydrogen-bond donors (Lipinski definition) is 2. The van der Waals surface area contributed by atoms with Gasteiger partial charge in [-0.2, -0.15) is 5.23 Å². The molecule has 3 aliphatic carbocycles. The molecule has 1 heterocycles. The predicted octanol–water partition coefficient (Wildman–Crippen LogP) is 3.05. The third-order valence-electron chi connectivity index (χ3n) is 7.72. The average Bonchev–Trinajstić information content (AvgIpc) is 3.10. The highest BCUT2D eigenvalue weighted by Crippen LogP contribution is 2.65. The Morgan fingerprint density at radius 3 is 2.00 bits per heavy atom. The summed E-state index contributed by atoms with van der Waals surface area (Å²) in [5.74, 6) is -1.50. The highest BCUT2D eigenvalue weighted by atomic mass is 16.8. The van der Waals surface area contributed by atoms with Crippen molar-refractivity contribution in [2.75, 3.05) is 4.90 Å². The molecule has 3 aromatic rings. The molecule has 2 N–H and O–H groups in total. The van der Waals surface area contributed by atoms with Crippen molar-refractivity contribution < 1.29 is 20.0 Å². The number of quaternary nitrogens is 1. The van der Waals surface area contributed by atoms with E-state index in [1.54, 1.807) is 12.1 Å². The summed E-state index contributed by atoms with van der Waals surface area (Å²) in [5, 5.41) is 19.4. The molecule has 1 saturated heterocycles. The average molecular weight is 426 g/mol. The first-order valence-corrected chi connectivity index (χ1v) is 10.9. The molecule has 1 unspecified atom stereocenters. The van der Waals surface area contributed by atoms with Gasteiger partial charge in [0.1, 0.15) is 0 Å². The second kappa shape index (κ2) is 6.59. The summed E-state index contributed by atoms with van der Waals surface area (Å²) >= 11 is 0. The normalized spacial score (nSPS) is 28.3. The van der Waals surface area contributed by atoms with E-state index in [0.29, 0.717) is 12.1 Å². The van der Waals surface area contributed by atoms with Gasteiger partial charge in [0.05, 0.1) is 17.5 Å². The Morgan fingerprint density at radius 2 is 1.47 bits per heavy atom. The molecule has 0 aromatic heterocycles. The van der Waals surface area contributed by atoms with Crippen molar-refractivity contribution in [3.63, 3.8) is 0 Å². The summed E-state index contributed by atoms with van der Waals surface area (Å²) in [7, 11) is 0. The smallest absolute Gasteiger partial charge is 0.238 e. The number of hydrogen-bond acceptors (Lipinski definition) is 4. The van der Waals surface area contributed by atoms with E-state index in [9.17, 15) is 20.0 Å². The summed E-state index contributed by atoms with van der Waals surface area (Å²) in [5.41, 5.74) is 4.56. The van der Waals surface area contributed by atoms with E-state index < -0.39 is 22.5 Å². The largest absolute Gasteiger partial charge is 0.595 e. The second-order valence-electron chi connectivity index (χ2n) is 8.84. The Labute approximate surface area is 185 Å². The first kappa shape index (κ1) is 19.4. The minimum Gasteiger partial charge on any atom is -0.595 e. The van der Waals surface area contributed by atoms with Crippen molar-refractivity contribution in [2.24, 2.45) is 11.8 Å². The van der Waals surface area contributed by atoms with Crippen molar-refractivity contribution in [2.45, 2.75) is 24.7 Å². The molecule has 4 aliphatic rings. The van der Waals surface area contributed by atoms with Crippen molar-refractivity contribution in [1.29, 1.82) is 0 Å². The Morgan fingerprint density at radius 1 is 0.906 bits per heavy atom. The molecule has 0 radical (unpaired) electrons. The third kappa shape index (κ3) is 2.19. The Kier molecular flexibility index (Phi) is 3.99. The van der Waals surface area contributed by atoms with Crippen molar-refractivity contribution in [1.82, 2.24) is 0 Å². The molecule has 160 valence electrons. The minimum absolute atomic E-state index is 0.121. The summed E-state index contributed by atoms with van der Waals surface area (Å²) in [6.07, 6.45) is 0.708. The fourth-order valence-corrected chi connectivity index (χ4v) is 6.54. The summed E-state index contributed by atoms with van der Waals surface area (Å²) in [4.78, 5) is 29.0. The zero-order valence-corrected chi connectivity index (χ0v) is 17.5. The zero-order chi connectivity index (χ0) is 22.2. The molecule has 2 amide bonds. The number of amides is 2. The van der Waals surface area contributed by atoms with Gasteiger partial charge in [-0.15, -0.1) is 0 Å². The molecular formula is C26H22N2O4. The van der Waals surface area contributed by atoms with E-state index in [4.69, 9.17) is 0 Å². The van der Waals surface area contributed by atoms with Crippen LogP contribution < -0.4 is 10.1 Å². The van der Waals surface area contributed by atoms with Crippen LogP contribution in [0.2, 0.25) is 0 Å². The van der Waals surface area contributed by atoms with Gasteiger partial charge in [-0.1, -0.05) is 55.5 Å². The molecule has 1 aliphatic heterocycles. The van der Waals surface area contributed by atoms with Crippen LogP contribution in [0.5, 0.6) is 0 Å². The molecule has 6 heteroatoms. The third-order valence-corrected chi connectivity index (χ3v) is 7.72. The van der Waals surface area contributed by atoms with Gasteiger partial charge in [-0.25, -0.2) is 10.1 Å². The van der Waals surface area contributed by atoms with Crippen LogP contribution in [0.1, 0.15) is 41.5 Å². The van der Waals surface area contributed by atoms with Gasteiger partial charge in [-0.3, -0.25) is 9.59 Å². The first-order valence-electron chi connectivity index (χ1n) is 10.9.